The molecule has 1 atom stereocenters. The summed E-state index contributed by atoms with van der Waals surface area (Å²) in [6, 6.07) is 13.9. The first kappa shape index (κ1) is 21.6. The Kier molecular flexibility index (Phi) is 6.77. The standard InChI is InChI=1S/C23H24BrFN4O2/c1-15(16-5-7-20(25)8-6-16)26-23(30)17-9-11-29(12-10-17)14-21-27-22(28-31-21)18-3-2-4-19(24)13-18/h2-8,13,15,17H,9-12,14H2,1H3,(H,26,30). The van der Waals surface area contributed by atoms with Crippen LogP contribution in [-0.4, -0.2) is 34.0 Å². The number of likely N-dealkylation sites (tertiary alicyclic amines) is 1. The Morgan fingerprint density at radius 1 is 1.26 bits per heavy atom. The van der Waals surface area contributed by atoms with Crippen LogP contribution in [-0.2, 0) is 11.3 Å². The van der Waals surface area contributed by atoms with Gasteiger partial charge in [-0.05, 0) is 62.7 Å². The van der Waals surface area contributed by atoms with Crippen molar-refractivity contribution in [2.24, 2.45) is 5.92 Å². The fourth-order valence-corrected chi connectivity index (χ4v) is 4.17. The largest absolute Gasteiger partial charge is 0.349 e. The van der Waals surface area contributed by atoms with Crippen LogP contribution in [0.1, 0.15) is 37.3 Å². The molecule has 2 heterocycles. The highest BCUT2D eigenvalue weighted by Gasteiger charge is 2.27. The van der Waals surface area contributed by atoms with Crippen molar-refractivity contribution >= 4 is 21.8 Å². The molecule has 0 spiro atoms. The maximum atomic E-state index is 13.1. The molecule has 1 fully saturated rings. The van der Waals surface area contributed by atoms with Gasteiger partial charge in [-0.1, -0.05) is 45.4 Å². The first-order valence-electron chi connectivity index (χ1n) is 10.3. The SMILES string of the molecule is CC(NC(=O)C1CCN(Cc2nc(-c3cccc(Br)c3)no2)CC1)c1ccc(F)cc1. The lowest BCUT2D eigenvalue weighted by Crippen LogP contribution is -2.40. The lowest BCUT2D eigenvalue weighted by atomic mass is 9.95. The fraction of sp³-hybridized carbons (Fsp3) is 0.348. The third-order valence-corrected chi connectivity index (χ3v) is 6.09. The number of carbonyl (C=O) groups is 1. The second-order valence-corrected chi connectivity index (χ2v) is 8.77. The number of rotatable bonds is 6. The molecular weight excluding hydrogens is 463 g/mol. The van der Waals surface area contributed by atoms with Crippen LogP contribution in [0.3, 0.4) is 0 Å². The third-order valence-electron chi connectivity index (χ3n) is 5.60. The summed E-state index contributed by atoms with van der Waals surface area (Å²) in [6.07, 6.45) is 1.54. The van der Waals surface area contributed by atoms with Crippen molar-refractivity contribution in [2.75, 3.05) is 13.1 Å². The Balaban J connectivity index is 1.27. The molecule has 0 aliphatic carbocycles. The minimum Gasteiger partial charge on any atom is -0.349 e. The molecule has 31 heavy (non-hydrogen) atoms. The van der Waals surface area contributed by atoms with Crippen molar-refractivity contribution in [2.45, 2.75) is 32.4 Å². The fourth-order valence-electron chi connectivity index (χ4n) is 3.77. The molecular formula is C23H24BrFN4O2. The van der Waals surface area contributed by atoms with Gasteiger partial charge in [0.05, 0.1) is 12.6 Å². The van der Waals surface area contributed by atoms with E-state index in [1.807, 2.05) is 31.2 Å². The first-order chi connectivity index (χ1) is 15.0. The van der Waals surface area contributed by atoms with Crippen LogP contribution in [0, 0.1) is 11.7 Å². The van der Waals surface area contributed by atoms with Crippen LogP contribution in [0.5, 0.6) is 0 Å². The number of hydrogen-bond acceptors (Lipinski definition) is 5. The maximum absolute atomic E-state index is 13.1. The molecule has 2 aromatic carbocycles. The van der Waals surface area contributed by atoms with E-state index in [0.717, 1.165) is 41.5 Å². The highest BCUT2D eigenvalue weighted by molar-refractivity contribution is 9.10. The molecule has 0 saturated carbocycles. The molecule has 1 aliphatic heterocycles. The lowest BCUT2D eigenvalue weighted by Gasteiger charge is -2.30. The highest BCUT2D eigenvalue weighted by Crippen LogP contribution is 2.23. The number of nitrogens with zero attached hydrogens (tertiary/aromatic N) is 3. The Labute approximate surface area is 189 Å². The molecule has 3 aromatic rings. The average Bonchev–Trinajstić information content (AvgIpc) is 3.23. The third kappa shape index (κ3) is 5.57. The molecule has 1 amide bonds. The number of halogens is 2. The van der Waals surface area contributed by atoms with Crippen molar-refractivity contribution in [1.82, 2.24) is 20.4 Å². The normalized spacial score (nSPS) is 16.2. The van der Waals surface area contributed by atoms with Gasteiger partial charge in [-0.3, -0.25) is 9.69 Å². The molecule has 4 rings (SSSR count). The van der Waals surface area contributed by atoms with E-state index in [4.69, 9.17) is 4.52 Å². The van der Waals surface area contributed by atoms with E-state index in [1.54, 1.807) is 12.1 Å². The quantitative estimate of drug-likeness (QED) is 0.545. The van der Waals surface area contributed by atoms with E-state index in [1.165, 1.54) is 12.1 Å². The van der Waals surface area contributed by atoms with Crippen LogP contribution < -0.4 is 5.32 Å². The zero-order chi connectivity index (χ0) is 21.8. The van der Waals surface area contributed by atoms with Gasteiger partial charge in [0.15, 0.2) is 0 Å². The number of aromatic nitrogens is 2. The maximum Gasteiger partial charge on any atom is 0.241 e. The predicted molar refractivity (Wildman–Crippen MR) is 118 cm³/mol. The van der Waals surface area contributed by atoms with Crippen molar-refractivity contribution in [1.29, 1.82) is 0 Å². The second kappa shape index (κ2) is 9.70. The van der Waals surface area contributed by atoms with E-state index in [0.29, 0.717) is 18.3 Å². The summed E-state index contributed by atoms with van der Waals surface area (Å²) in [4.78, 5) is 19.4. The summed E-state index contributed by atoms with van der Waals surface area (Å²) in [5.74, 6) is 0.882. The van der Waals surface area contributed by atoms with Gasteiger partial charge in [0.2, 0.25) is 17.6 Å². The monoisotopic (exact) mass is 486 g/mol. The van der Waals surface area contributed by atoms with Crippen LogP contribution in [0.25, 0.3) is 11.4 Å². The van der Waals surface area contributed by atoms with E-state index < -0.39 is 0 Å². The highest BCUT2D eigenvalue weighted by atomic mass is 79.9. The minimum atomic E-state index is -0.278. The van der Waals surface area contributed by atoms with Gasteiger partial charge in [-0.2, -0.15) is 4.98 Å². The van der Waals surface area contributed by atoms with Gasteiger partial charge in [0.1, 0.15) is 5.82 Å². The Morgan fingerprint density at radius 3 is 2.71 bits per heavy atom. The lowest BCUT2D eigenvalue weighted by molar-refractivity contribution is -0.127. The number of nitrogens with one attached hydrogen (secondary N) is 1. The van der Waals surface area contributed by atoms with Gasteiger partial charge in [-0.15, -0.1) is 0 Å². The topological polar surface area (TPSA) is 71.3 Å². The van der Waals surface area contributed by atoms with Gasteiger partial charge in [-0.25, -0.2) is 4.39 Å². The Morgan fingerprint density at radius 2 is 2.00 bits per heavy atom. The van der Waals surface area contributed by atoms with Crippen LogP contribution in [0.15, 0.2) is 57.5 Å². The van der Waals surface area contributed by atoms with E-state index in [2.05, 4.69) is 36.3 Å². The Hall–Kier alpha value is -2.58. The van der Waals surface area contributed by atoms with Crippen LogP contribution in [0.2, 0.25) is 0 Å². The van der Waals surface area contributed by atoms with E-state index in [9.17, 15) is 9.18 Å². The number of amides is 1. The molecule has 6 nitrogen and oxygen atoms in total. The van der Waals surface area contributed by atoms with Crippen molar-refractivity contribution in [3.8, 4) is 11.4 Å². The summed E-state index contributed by atoms with van der Waals surface area (Å²) in [5.41, 5.74) is 1.79. The van der Waals surface area contributed by atoms with Crippen LogP contribution >= 0.6 is 15.9 Å². The van der Waals surface area contributed by atoms with Gasteiger partial charge >= 0.3 is 0 Å². The van der Waals surface area contributed by atoms with E-state index >= 15 is 0 Å². The summed E-state index contributed by atoms with van der Waals surface area (Å²) in [7, 11) is 0. The van der Waals surface area contributed by atoms with Gasteiger partial charge in [0.25, 0.3) is 0 Å². The number of benzene rings is 2. The van der Waals surface area contributed by atoms with Crippen LogP contribution in [0.4, 0.5) is 4.39 Å². The summed E-state index contributed by atoms with van der Waals surface area (Å²) >= 11 is 3.45. The molecule has 8 heteroatoms. The summed E-state index contributed by atoms with van der Waals surface area (Å²) < 4.78 is 19.5. The Bertz CT molecular complexity index is 1030. The second-order valence-electron chi connectivity index (χ2n) is 7.85. The predicted octanol–water partition coefficient (Wildman–Crippen LogP) is 4.73. The molecule has 0 bridgehead atoms. The number of hydrogen-bond donors (Lipinski definition) is 1. The minimum absolute atomic E-state index is 0.0286. The molecule has 1 unspecified atom stereocenters. The number of carbonyl (C=O) groups excluding carboxylic acids is 1. The molecule has 1 aromatic heterocycles. The molecule has 1 aliphatic rings. The van der Waals surface area contributed by atoms with E-state index in [-0.39, 0.29) is 23.7 Å². The molecule has 1 N–H and O–H groups in total. The number of piperidine rings is 1. The average molecular weight is 487 g/mol. The zero-order valence-electron chi connectivity index (χ0n) is 17.2. The molecule has 162 valence electrons. The van der Waals surface area contributed by atoms with Gasteiger partial charge < -0.3 is 9.84 Å². The summed E-state index contributed by atoms with van der Waals surface area (Å²) in [6.45, 7) is 4.06. The molecule has 0 radical (unpaired) electrons. The summed E-state index contributed by atoms with van der Waals surface area (Å²) in [5, 5.41) is 7.13. The van der Waals surface area contributed by atoms with Crippen molar-refractivity contribution in [3.05, 3.63) is 70.3 Å². The smallest absolute Gasteiger partial charge is 0.241 e. The first-order valence-corrected chi connectivity index (χ1v) is 11.1. The molecule has 1 saturated heterocycles. The van der Waals surface area contributed by atoms with Crippen molar-refractivity contribution < 1.29 is 13.7 Å². The van der Waals surface area contributed by atoms with Crippen molar-refractivity contribution in [3.63, 3.8) is 0 Å². The van der Waals surface area contributed by atoms with Gasteiger partial charge in [0, 0.05) is 16.0 Å². The zero-order valence-corrected chi connectivity index (χ0v) is 18.8.